The zero-order chi connectivity index (χ0) is 18.8. The maximum absolute atomic E-state index is 12.7. The van der Waals surface area contributed by atoms with Gasteiger partial charge in [0, 0.05) is 11.8 Å². The Morgan fingerprint density at radius 3 is 2.44 bits per heavy atom. The van der Waals surface area contributed by atoms with Crippen LogP contribution in [0.4, 0.5) is 5.69 Å². The van der Waals surface area contributed by atoms with Gasteiger partial charge in [0.2, 0.25) is 11.8 Å². The minimum Gasteiger partial charge on any atom is -0.473 e. The highest BCUT2D eigenvalue weighted by atomic mass is 32.2. The van der Waals surface area contributed by atoms with E-state index in [0.29, 0.717) is 5.56 Å². The fourth-order valence-electron chi connectivity index (χ4n) is 2.20. The van der Waals surface area contributed by atoms with Crippen LogP contribution in [0.2, 0.25) is 0 Å². The summed E-state index contributed by atoms with van der Waals surface area (Å²) >= 11 is 0. The third-order valence-electron chi connectivity index (χ3n) is 3.23. The van der Waals surface area contributed by atoms with Gasteiger partial charge in [0.1, 0.15) is 5.69 Å². The summed E-state index contributed by atoms with van der Waals surface area (Å²) in [5.41, 5.74) is 7.00. The van der Waals surface area contributed by atoms with Crippen LogP contribution >= 0.6 is 0 Å². The molecule has 2 rings (SSSR count). The monoisotopic (exact) mass is 363 g/mol. The molecule has 134 valence electrons. The van der Waals surface area contributed by atoms with Gasteiger partial charge in [0.15, 0.2) is 0 Å². The Balaban J connectivity index is 2.46. The second-order valence-electron chi connectivity index (χ2n) is 6.04. The third-order valence-corrected chi connectivity index (χ3v) is 4.57. The standard InChI is InChI=1S/C17H21N3O4S/c1-10(2)24-17-15(7-12(4)9-19-17)20-25(22,23)14-6-11(3)5-13(8-14)16(18)21/h5-10,20H,1-4H3,(H2,18,21). The Labute approximate surface area is 147 Å². The maximum Gasteiger partial charge on any atom is 0.262 e. The third kappa shape index (κ3) is 4.69. The van der Waals surface area contributed by atoms with Gasteiger partial charge in [0.25, 0.3) is 10.0 Å². The Morgan fingerprint density at radius 1 is 1.16 bits per heavy atom. The van der Waals surface area contributed by atoms with Crippen LogP contribution in [0, 0.1) is 13.8 Å². The van der Waals surface area contributed by atoms with Crippen LogP contribution in [0.25, 0.3) is 0 Å². The molecule has 0 radical (unpaired) electrons. The summed E-state index contributed by atoms with van der Waals surface area (Å²) in [4.78, 5) is 15.5. The van der Waals surface area contributed by atoms with Crippen molar-refractivity contribution in [3.8, 4) is 5.88 Å². The molecule has 1 amide bonds. The second-order valence-corrected chi connectivity index (χ2v) is 7.72. The topological polar surface area (TPSA) is 111 Å². The SMILES string of the molecule is Cc1cc(C(N)=O)cc(S(=O)(=O)Nc2cc(C)cnc2OC(C)C)c1. The quantitative estimate of drug-likeness (QED) is 0.818. The number of nitrogens with two attached hydrogens (primary N) is 1. The number of aryl methyl sites for hydroxylation is 2. The van der Waals surface area contributed by atoms with Crippen molar-refractivity contribution in [1.29, 1.82) is 0 Å². The van der Waals surface area contributed by atoms with Gasteiger partial charge in [0.05, 0.1) is 11.0 Å². The second kappa shape index (κ2) is 7.10. The number of nitrogens with zero attached hydrogens (tertiary/aromatic N) is 1. The number of pyridine rings is 1. The summed E-state index contributed by atoms with van der Waals surface area (Å²) in [6.07, 6.45) is 1.42. The summed E-state index contributed by atoms with van der Waals surface area (Å²) in [6, 6.07) is 5.86. The van der Waals surface area contributed by atoms with Gasteiger partial charge in [-0.3, -0.25) is 9.52 Å². The van der Waals surface area contributed by atoms with Crippen molar-refractivity contribution >= 4 is 21.6 Å². The van der Waals surface area contributed by atoms with Crippen molar-refractivity contribution in [2.24, 2.45) is 5.73 Å². The molecule has 2 aromatic rings. The highest BCUT2D eigenvalue weighted by Gasteiger charge is 2.20. The van der Waals surface area contributed by atoms with Gasteiger partial charge in [-0.05, 0) is 63.1 Å². The van der Waals surface area contributed by atoms with Crippen LogP contribution in [0.15, 0.2) is 35.4 Å². The fourth-order valence-corrected chi connectivity index (χ4v) is 3.37. The molecule has 1 heterocycles. The molecule has 0 aliphatic carbocycles. The van der Waals surface area contributed by atoms with Gasteiger partial charge >= 0.3 is 0 Å². The predicted octanol–water partition coefficient (Wildman–Crippen LogP) is 2.39. The Kier molecular flexibility index (Phi) is 5.32. The van der Waals surface area contributed by atoms with Crippen LogP contribution in [-0.2, 0) is 10.0 Å². The number of carbonyl (C=O) groups is 1. The molecular formula is C17H21N3O4S. The number of rotatable bonds is 6. The van der Waals surface area contributed by atoms with Gasteiger partial charge in [-0.25, -0.2) is 13.4 Å². The summed E-state index contributed by atoms with van der Waals surface area (Å²) in [6.45, 7) is 7.12. The summed E-state index contributed by atoms with van der Waals surface area (Å²) in [7, 11) is -3.94. The van der Waals surface area contributed by atoms with Crippen LogP contribution in [0.5, 0.6) is 5.88 Å². The number of amides is 1. The van der Waals surface area contributed by atoms with Gasteiger partial charge in [-0.15, -0.1) is 0 Å². The first-order chi connectivity index (χ1) is 11.6. The van der Waals surface area contributed by atoms with E-state index in [2.05, 4.69) is 9.71 Å². The molecule has 0 unspecified atom stereocenters. The normalized spacial score (nSPS) is 11.4. The van der Waals surface area contributed by atoms with E-state index in [1.165, 1.54) is 18.2 Å². The molecule has 7 nitrogen and oxygen atoms in total. The molecule has 0 saturated carbocycles. The van der Waals surface area contributed by atoms with E-state index >= 15 is 0 Å². The van der Waals surface area contributed by atoms with Gasteiger partial charge in [-0.2, -0.15) is 0 Å². The lowest BCUT2D eigenvalue weighted by Gasteiger charge is -2.15. The molecule has 0 saturated heterocycles. The van der Waals surface area contributed by atoms with Crippen molar-refractivity contribution in [3.63, 3.8) is 0 Å². The van der Waals surface area contributed by atoms with E-state index in [1.807, 2.05) is 13.8 Å². The maximum atomic E-state index is 12.7. The number of ether oxygens (including phenoxy) is 1. The number of primary amides is 1. The lowest BCUT2D eigenvalue weighted by molar-refractivity contribution is 0.1000. The highest BCUT2D eigenvalue weighted by molar-refractivity contribution is 7.92. The van der Waals surface area contributed by atoms with Crippen molar-refractivity contribution in [3.05, 3.63) is 47.2 Å². The van der Waals surface area contributed by atoms with Crippen LogP contribution < -0.4 is 15.2 Å². The van der Waals surface area contributed by atoms with E-state index in [-0.39, 0.29) is 28.1 Å². The number of aromatic nitrogens is 1. The zero-order valence-electron chi connectivity index (χ0n) is 14.5. The molecule has 0 bridgehead atoms. The lowest BCUT2D eigenvalue weighted by Crippen LogP contribution is -2.18. The number of nitrogens with one attached hydrogen (secondary N) is 1. The van der Waals surface area contributed by atoms with E-state index in [9.17, 15) is 13.2 Å². The Bertz CT molecular complexity index is 908. The molecule has 8 heteroatoms. The van der Waals surface area contributed by atoms with E-state index in [0.717, 1.165) is 5.56 Å². The fraction of sp³-hybridized carbons (Fsp3) is 0.294. The summed E-state index contributed by atoms with van der Waals surface area (Å²) in [5.74, 6) is -0.506. The predicted molar refractivity (Wildman–Crippen MR) is 95.2 cm³/mol. The average Bonchev–Trinajstić information content (AvgIpc) is 2.48. The van der Waals surface area contributed by atoms with E-state index in [1.54, 1.807) is 26.1 Å². The summed E-state index contributed by atoms with van der Waals surface area (Å²) in [5, 5.41) is 0. The number of hydrogen-bond acceptors (Lipinski definition) is 5. The smallest absolute Gasteiger partial charge is 0.262 e. The average molecular weight is 363 g/mol. The molecule has 0 aliphatic heterocycles. The first-order valence-electron chi connectivity index (χ1n) is 7.66. The van der Waals surface area contributed by atoms with Gasteiger partial charge < -0.3 is 10.5 Å². The van der Waals surface area contributed by atoms with Crippen molar-refractivity contribution < 1.29 is 17.9 Å². The molecule has 1 aromatic heterocycles. The number of anilines is 1. The van der Waals surface area contributed by atoms with Crippen molar-refractivity contribution in [2.45, 2.75) is 38.7 Å². The van der Waals surface area contributed by atoms with E-state index < -0.39 is 15.9 Å². The largest absolute Gasteiger partial charge is 0.473 e. The zero-order valence-corrected chi connectivity index (χ0v) is 15.3. The minimum absolute atomic E-state index is 0.0571. The molecule has 0 atom stereocenters. The first-order valence-corrected chi connectivity index (χ1v) is 9.14. The Hall–Kier alpha value is -2.61. The number of benzene rings is 1. The van der Waals surface area contributed by atoms with Crippen molar-refractivity contribution in [2.75, 3.05) is 4.72 Å². The molecular weight excluding hydrogens is 342 g/mol. The van der Waals surface area contributed by atoms with Crippen molar-refractivity contribution in [1.82, 2.24) is 4.98 Å². The Morgan fingerprint density at radius 2 is 1.84 bits per heavy atom. The summed E-state index contributed by atoms with van der Waals surface area (Å²) < 4.78 is 33.5. The number of carbonyl (C=O) groups excluding carboxylic acids is 1. The van der Waals surface area contributed by atoms with Crippen LogP contribution in [0.3, 0.4) is 0 Å². The minimum atomic E-state index is -3.94. The lowest BCUT2D eigenvalue weighted by atomic mass is 10.1. The van der Waals surface area contributed by atoms with Crippen LogP contribution in [-0.4, -0.2) is 25.4 Å². The molecule has 3 N–H and O–H groups in total. The van der Waals surface area contributed by atoms with E-state index in [4.69, 9.17) is 10.5 Å². The molecule has 25 heavy (non-hydrogen) atoms. The molecule has 0 spiro atoms. The molecule has 0 fully saturated rings. The molecule has 1 aromatic carbocycles. The first kappa shape index (κ1) is 18.7. The van der Waals surface area contributed by atoms with Gasteiger partial charge in [-0.1, -0.05) is 0 Å². The highest BCUT2D eigenvalue weighted by Crippen LogP contribution is 2.27. The molecule has 0 aliphatic rings. The number of sulfonamides is 1. The van der Waals surface area contributed by atoms with Crippen LogP contribution in [0.1, 0.15) is 35.3 Å². The number of hydrogen-bond donors (Lipinski definition) is 2.